The highest BCUT2D eigenvalue weighted by Gasteiger charge is 2.19. The predicted molar refractivity (Wildman–Crippen MR) is 302 cm³/mol. The average Bonchev–Trinajstić information content (AvgIpc) is 3.36. The van der Waals surface area contributed by atoms with E-state index in [1.54, 1.807) is 0 Å². The molecule has 0 radical (unpaired) electrons. The molecule has 0 aromatic rings. The summed E-state index contributed by atoms with van der Waals surface area (Å²) in [6.45, 7) is 6.52. The van der Waals surface area contributed by atoms with Gasteiger partial charge in [0.25, 0.3) is 0 Å². The zero-order chi connectivity index (χ0) is 50.7. The Morgan fingerprint density at radius 1 is 0.300 bits per heavy atom. The van der Waals surface area contributed by atoms with Gasteiger partial charge in [-0.1, -0.05) is 261 Å². The van der Waals surface area contributed by atoms with E-state index in [0.29, 0.717) is 19.3 Å². The van der Waals surface area contributed by atoms with Gasteiger partial charge in [-0.25, -0.2) is 0 Å². The minimum Gasteiger partial charge on any atom is -0.462 e. The van der Waals surface area contributed by atoms with Crippen LogP contribution in [0.15, 0.2) is 72.9 Å². The van der Waals surface area contributed by atoms with Crippen LogP contribution in [0, 0.1) is 0 Å². The number of rotatable bonds is 54. The molecule has 70 heavy (non-hydrogen) atoms. The lowest BCUT2D eigenvalue weighted by Crippen LogP contribution is -2.30. The van der Waals surface area contributed by atoms with Crippen LogP contribution in [0.2, 0.25) is 0 Å². The molecule has 0 aliphatic carbocycles. The molecule has 0 aromatic heterocycles. The van der Waals surface area contributed by atoms with E-state index in [4.69, 9.17) is 14.2 Å². The van der Waals surface area contributed by atoms with E-state index in [1.165, 1.54) is 148 Å². The predicted octanol–water partition coefficient (Wildman–Crippen LogP) is 20.2. The van der Waals surface area contributed by atoms with Gasteiger partial charge in [0.15, 0.2) is 6.10 Å². The maximum absolute atomic E-state index is 12.8. The Kier molecular flexibility index (Phi) is 55.8. The lowest BCUT2D eigenvalue weighted by Gasteiger charge is -2.18. The van der Waals surface area contributed by atoms with Crippen LogP contribution < -0.4 is 0 Å². The Morgan fingerprint density at radius 3 is 0.871 bits per heavy atom. The summed E-state index contributed by atoms with van der Waals surface area (Å²) in [4.78, 5) is 38.1. The molecule has 0 heterocycles. The molecule has 0 spiro atoms. The number of hydrogen-bond donors (Lipinski definition) is 0. The summed E-state index contributed by atoms with van der Waals surface area (Å²) in [7, 11) is 0. The SMILES string of the molecule is CC/C=C\C/C=C\C/C=C\CCCCCCCC(=O)OC(COC(=O)CCCCCCCCCCCC/C=C\C/C=C\C/C=C\CCCCCCC)COC(=O)CCCCCCCCCCCCCC. The second-order valence-corrected chi connectivity index (χ2v) is 19.9. The monoisotopic (exact) mass is 977 g/mol. The van der Waals surface area contributed by atoms with Crippen molar-refractivity contribution >= 4 is 17.9 Å². The minimum atomic E-state index is -0.784. The van der Waals surface area contributed by atoms with Crippen molar-refractivity contribution in [2.45, 2.75) is 303 Å². The van der Waals surface area contributed by atoms with Crippen LogP contribution in [0.1, 0.15) is 297 Å². The molecule has 1 atom stereocenters. The van der Waals surface area contributed by atoms with E-state index in [0.717, 1.165) is 109 Å². The van der Waals surface area contributed by atoms with Crippen LogP contribution in [0.5, 0.6) is 0 Å². The zero-order valence-corrected chi connectivity index (χ0v) is 46.3. The number of esters is 3. The summed E-state index contributed by atoms with van der Waals surface area (Å²) in [6, 6.07) is 0. The maximum Gasteiger partial charge on any atom is 0.306 e. The first-order chi connectivity index (χ1) is 34.5. The van der Waals surface area contributed by atoms with Crippen molar-refractivity contribution in [1.29, 1.82) is 0 Å². The van der Waals surface area contributed by atoms with Crippen LogP contribution in [-0.4, -0.2) is 37.2 Å². The lowest BCUT2D eigenvalue weighted by atomic mass is 10.0. The molecular formula is C64H112O6. The fourth-order valence-electron chi connectivity index (χ4n) is 8.47. The normalized spacial score (nSPS) is 12.6. The summed E-state index contributed by atoms with van der Waals surface area (Å²) >= 11 is 0. The molecule has 0 fully saturated rings. The maximum atomic E-state index is 12.8. The third-order valence-corrected chi connectivity index (χ3v) is 12.9. The first kappa shape index (κ1) is 66.9. The molecule has 0 saturated heterocycles. The molecule has 0 bridgehead atoms. The fraction of sp³-hybridized carbons (Fsp3) is 0.766. The minimum absolute atomic E-state index is 0.0813. The number of ether oxygens (including phenoxy) is 3. The number of hydrogen-bond acceptors (Lipinski definition) is 6. The molecule has 0 N–H and O–H groups in total. The van der Waals surface area contributed by atoms with Crippen molar-refractivity contribution in [2.24, 2.45) is 0 Å². The van der Waals surface area contributed by atoms with Gasteiger partial charge in [-0.05, 0) is 89.9 Å². The second kappa shape index (κ2) is 58.4. The van der Waals surface area contributed by atoms with Gasteiger partial charge in [-0.15, -0.1) is 0 Å². The van der Waals surface area contributed by atoms with E-state index in [-0.39, 0.29) is 31.1 Å². The standard InChI is InChI=1S/C64H112O6/c1-4-7-10-13-16-19-22-25-27-28-29-30-31-32-33-34-35-36-38-39-42-45-48-51-54-57-63(66)69-60-61(59-68-62(65)56-53-50-47-44-41-24-21-18-15-12-9-6-3)70-64(67)58-55-52-49-46-43-40-37-26-23-20-17-14-11-8-5-2/h8,11,17,20,22,25-26,28-29,31-32,37,61H,4-7,9-10,12-16,18-19,21,23-24,27,30,33-36,38-60H2,1-3H3/b11-8-,20-17-,25-22-,29-28-,32-31-,37-26-. The number of carbonyl (C=O) groups excluding carboxylic acids is 3. The molecule has 0 aliphatic rings. The summed E-state index contributed by atoms with van der Waals surface area (Å²) in [5, 5.41) is 0. The molecular weight excluding hydrogens is 865 g/mol. The number of carbonyl (C=O) groups is 3. The zero-order valence-electron chi connectivity index (χ0n) is 46.3. The summed E-state index contributed by atoms with van der Waals surface area (Å²) < 4.78 is 16.9. The molecule has 0 aliphatic heterocycles. The molecule has 6 nitrogen and oxygen atoms in total. The van der Waals surface area contributed by atoms with Gasteiger partial charge < -0.3 is 14.2 Å². The highest BCUT2D eigenvalue weighted by molar-refractivity contribution is 5.71. The number of allylic oxidation sites excluding steroid dienone is 12. The van der Waals surface area contributed by atoms with Crippen molar-refractivity contribution in [3.05, 3.63) is 72.9 Å². The largest absolute Gasteiger partial charge is 0.462 e. The fourth-order valence-corrected chi connectivity index (χ4v) is 8.47. The van der Waals surface area contributed by atoms with Crippen LogP contribution in [0.3, 0.4) is 0 Å². The van der Waals surface area contributed by atoms with E-state index < -0.39 is 6.10 Å². The average molecular weight is 978 g/mol. The third-order valence-electron chi connectivity index (χ3n) is 12.9. The van der Waals surface area contributed by atoms with E-state index in [9.17, 15) is 14.4 Å². The second-order valence-electron chi connectivity index (χ2n) is 19.9. The first-order valence-electron chi connectivity index (χ1n) is 29.9. The highest BCUT2D eigenvalue weighted by Crippen LogP contribution is 2.16. The molecule has 0 saturated carbocycles. The third kappa shape index (κ3) is 55.8. The van der Waals surface area contributed by atoms with Crippen molar-refractivity contribution in [2.75, 3.05) is 13.2 Å². The molecule has 0 amide bonds. The molecule has 0 rings (SSSR count). The van der Waals surface area contributed by atoms with Crippen LogP contribution in [0.25, 0.3) is 0 Å². The lowest BCUT2D eigenvalue weighted by molar-refractivity contribution is -0.167. The smallest absolute Gasteiger partial charge is 0.306 e. The van der Waals surface area contributed by atoms with Gasteiger partial charge in [0.1, 0.15) is 13.2 Å². The number of unbranched alkanes of at least 4 members (excludes halogenated alkanes) is 31. The van der Waals surface area contributed by atoms with Crippen molar-refractivity contribution in [3.63, 3.8) is 0 Å². The summed E-state index contributed by atoms with van der Waals surface area (Å²) in [6.07, 6.45) is 74.7. The van der Waals surface area contributed by atoms with Gasteiger partial charge in [-0.3, -0.25) is 14.4 Å². The van der Waals surface area contributed by atoms with Gasteiger partial charge in [0.2, 0.25) is 0 Å². The van der Waals surface area contributed by atoms with Gasteiger partial charge >= 0.3 is 17.9 Å². The topological polar surface area (TPSA) is 78.9 Å². The van der Waals surface area contributed by atoms with Gasteiger partial charge in [-0.2, -0.15) is 0 Å². The Labute approximate surface area is 433 Å². The quantitative estimate of drug-likeness (QED) is 0.0261. The Hall–Kier alpha value is -3.15. The van der Waals surface area contributed by atoms with E-state index >= 15 is 0 Å². The van der Waals surface area contributed by atoms with Crippen molar-refractivity contribution < 1.29 is 28.6 Å². The molecule has 1 unspecified atom stereocenters. The van der Waals surface area contributed by atoms with Crippen LogP contribution >= 0.6 is 0 Å². The van der Waals surface area contributed by atoms with Gasteiger partial charge in [0.05, 0.1) is 0 Å². The van der Waals surface area contributed by atoms with Gasteiger partial charge in [0, 0.05) is 19.3 Å². The summed E-state index contributed by atoms with van der Waals surface area (Å²) in [5.74, 6) is -0.893. The van der Waals surface area contributed by atoms with Crippen LogP contribution in [0.4, 0.5) is 0 Å². The van der Waals surface area contributed by atoms with Crippen molar-refractivity contribution in [1.82, 2.24) is 0 Å². The Balaban J connectivity index is 4.29. The molecule has 0 aromatic carbocycles. The molecule has 6 heteroatoms. The van der Waals surface area contributed by atoms with Crippen molar-refractivity contribution in [3.8, 4) is 0 Å². The van der Waals surface area contributed by atoms with E-state index in [2.05, 4.69) is 93.7 Å². The molecule has 404 valence electrons. The Morgan fingerprint density at radius 2 is 0.557 bits per heavy atom. The van der Waals surface area contributed by atoms with Crippen LogP contribution in [-0.2, 0) is 28.6 Å². The first-order valence-corrected chi connectivity index (χ1v) is 29.9. The highest BCUT2D eigenvalue weighted by atomic mass is 16.6. The summed E-state index contributed by atoms with van der Waals surface area (Å²) in [5.41, 5.74) is 0. The van der Waals surface area contributed by atoms with E-state index in [1.807, 2.05) is 0 Å². The Bertz CT molecular complexity index is 1310.